The van der Waals surface area contributed by atoms with Crippen LogP contribution in [0.15, 0.2) is 36.7 Å². The first-order valence-corrected chi connectivity index (χ1v) is 9.71. The van der Waals surface area contributed by atoms with Gasteiger partial charge < -0.3 is 15.2 Å². The minimum atomic E-state index is -1.06. The van der Waals surface area contributed by atoms with Gasteiger partial charge in [-0.25, -0.2) is 14.4 Å². The SMILES string of the molecule is CCOC(=O)C1(NC(O)c2cnc(NCC(C)(C)c3ccc(F)cc3)nc2)CC1. The summed E-state index contributed by atoms with van der Waals surface area (Å²) in [6.45, 7) is 6.68. The highest BCUT2D eigenvalue weighted by molar-refractivity contribution is 5.84. The number of aliphatic hydroxyl groups excluding tert-OH is 1. The van der Waals surface area contributed by atoms with E-state index in [0.717, 1.165) is 5.56 Å². The van der Waals surface area contributed by atoms with Crippen molar-refractivity contribution in [1.82, 2.24) is 15.3 Å². The number of aliphatic hydroxyl groups is 1. The van der Waals surface area contributed by atoms with Crippen LogP contribution in [0, 0.1) is 5.82 Å². The molecule has 29 heavy (non-hydrogen) atoms. The Bertz CT molecular complexity index is 836. The smallest absolute Gasteiger partial charge is 0.326 e. The summed E-state index contributed by atoms with van der Waals surface area (Å²) >= 11 is 0. The summed E-state index contributed by atoms with van der Waals surface area (Å²) in [6.07, 6.45) is 3.22. The van der Waals surface area contributed by atoms with E-state index < -0.39 is 11.8 Å². The van der Waals surface area contributed by atoms with Crippen LogP contribution in [0.25, 0.3) is 0 Å². The Labute approximate surface area is 169 Å². The molecule has 0 saturated heterocycles. The molecule has 1 atom stereocenters. The molecule has 1 aromatic carbocycles. The Morgan fingerprint density at radius 3 is 2.45 bits per heavy atom. The Hall–Kier alpha value is -2.58. The summed E-state index contributed by atoms with van der Waals surface area (Å²) in [6, 6.07) is 6.42. The topological polar surface area (TPSA) is 96.4 Å². The Kier molecular flexibility index (Phi) is 6.14. The molecule has 0 bridgehead atoms. The largest absolute Gasteiger partial charge is 0.465 e. The maximum Gasteiger partial charge on any atom is 0.326 e. The summed E-state index contributed by atoms with van der Waals surface area (Å²) in [4.78, 5) is 20.5. The van der Waals surface area contributed by atoms with E-state index in [1.807, 2.05) is 13.8 Å². The molecule has 1 unspecified atom stereocenters. The van der Waals surface area contributed by atoms with Crippen molar-refractivity contribution < 1.29 is 19.0 Å². The van der Waals surface area contributed by atoms with Gasteiger partial charge in [0.05, 0.1) is 6.61 Å². The lowest BCUT2D eigenvalue weighted by atomic mass is 9.84. The second-order valence-corrected chi connectivity index (χ2v) is 7.93. The third-order valence-electron chi connectivity index (χ3n) is 5.13. The molecule has 1 fully saturated rings. The highest BCUT2D eigenvalue weighted by Crippen LogP contribution is 2.38. The molecule has 7 nitrogen and oxygen atoms in total. The van der Waals surface area contributed by atoms with Crippen molar-refractivity contribution in [2.24, 2.45) is 0 Å². The van der Waals surface area contributed by atoms with Crippen molar-refractivity contribution in [1.29, 1.82) is 0 Å². The van der Waals surface area contributed by atoms with Gasteiger partial charge in [0.15, 0.2) is 0 Å². The van der Waals surface area contributed by atoms with E-state index in [1.165, 1.54) is 24.5 Å². The quantitative estimate of drug-likeness (QED) is 0.438. The van der Waals surface area contributed by atoms with E-state index in [9.17, 15) is 14.3 Å². The number of halogens is 1. The molecular weight excluding hydrogens is 375 g/mol. The number of aromatic nitrogens is 2. The third-order valence-corrected chi connectivity index (χ3v) is 5.13. The Morgan fingerprint density at radius 1 is 1.28 bits per heavy atom. The Morgan fingerprint density at radius 2 is 1.90 bits per heavy atom. The van der Waals surface area contributed by atoms with E-state index in [0.29, 0.717) is 37.5 Å². The zero-order chi connectivity index (χ0) is 21.1. The van der Waals surface area contributed by atoms with Crippen LogP contribution >= 0.6 is 0 Å². The number of ether oxygens (including phenoxy) is 1. The molecule has 3 rings (SSSR count). The molecule has 3 N–H and O–H groups in total. The number of anilines is 1. The predicted molar refractivity (Wildman–Crippen MR) is 107 cm³/mol. The predicted octanol–water partition coefficient (Wildman–Crippen LogP) is 2.68. The fourth-order valence-corrected chi connectivity index (χ4v) is 3.02. The number of nitrogens with zero attached hydrogens (tertiary/aromatic N) is 2. The van der Waals surface area contributed by atoms with E-state index >= 15 is 0 Å². The molecular formula is C21H27FN4O3. The number of benzene rings is 1. The van der Waals surface area contributed by atoms with Crippen LogP contribution in [0.1, 0.15) is 51.0 Å². The minimum absolute atomic E-state index is 0.255. The number of rotatable bonds is 9. The van der Waals surface area contributed by atoms with Crippen LogP contribution in [0.3, 0.4) is 0 Å². The lowest BCUT2D eigenvalue weighted by molar-refractivity contribution is -0.148. The third kappa shape index (κ3) is 5.07. The highest BCUT2D eigenvalue weighted by atomic mass is 19.1. The molecule has 8 heteroatoms. The molecule has 1 aliphatic carbocycles. The van der Waals surface area contributed by atoms with Gasteiger partial charge in [-0.05, 0) is 37.5 Å². The standard InChI is InChI=1S/C21H27FN4O3/c1-4-29-18(28)21(9-10-21)26-17(27)14-11-23-19(24-12-14)25-13-20(2,3)15-5-7-16(22)8-6-15/h5-8,11-12,17,26-27H,4,9-10,13H2,1-3H3,(H,23,24,25). The fourth-order valence-electron chi connectivity index (χ4n) is 3.02. The zero-order valence-corrected chi connectivity index (χ0v) is 16.9. The van der Waals surface area contributed by atoms with Crippen molar-refractivity contribution in [3.8, 4) is 0 Å². The second-order valence-electron chi connectivity index (χ2n) is 7.93. The average Bonchev–Trinajstić information content (AvgIpc) is 3.48. The second kappa shape index (κ2) is 8.42. The molecule has 156 valence electrons. The molecule has 1 saturated carbocycles. The fraction of sp³-hybridized carbons (Fsp3) is 0.476. The molecule has 1 aromatic heterocycles. The highest BCUT2D eigenvalue weighted by Gasteiger charge is 2.52. The van der Waals surface area contributed by atoms with Crippen LogP contribution in [-0.2, 0) is 14.9 Å². The van der Waals surface area contributed by atoms with Gasteiger partial charge in [0.1, 0.15) is 17.6 Å². The summed E-state index contributed by atoms with van der Waals surface area (Å²) in [5.41, 5.74) is 0.389. The molecule has 1 aliphatic rings. The maximum atomic E-state index is 13.1. The first kappa shape index (κ1) is 21.1. The molecule has 2 aromatic rings. The lowest BCUT2D eigenvalue weighted by Gasteiger charge is -2.25. The number of nitrogens with one attached hydrogen (secondary N) is 2. The van der Waals surface area contributed by atoms with Crippen LogP contribution < -0.4 is 10.6 Å². The van der Waals surface area contributed by atoms with Crippen molar-refractivity contribution in [2.45, 2.75) is 50.8 Å². The summed E-state index contributed by atoms with van der Waals surface area (Å²) in [5, 5.41) is 16.5. The van der Waals surface area contributed by atoms with Gasteiger partial charge in [-0.1, -0.05) is 26.0 Å². The number of esters is 1. The van der Waals surface area contributed by atoms with Crippen LogP contribution in [0.4, 0.5) is 10.3 Å². The van der Waals surface area contributed by atoms with Gasteiger partial charge >= 0.3 is 5.97 Å². The van der Waals surface area contributed by atoms with Gasteiger partial charge in [-0.3, -0.25) is 10.1 Å². The van der Waals surface area contributed by atoms with Crippen molar-refractivity contribution in [3.05, 3.63) is 53.6 Å². The lowest BCUT2D eigenvalue weighted by Crippen LogP contribution is -2.42. The van der Waals surface area contributed by atoms with Crippen LogP contribution in [0.2, 0.25) is 0 Å². The van der Waals surface area contributed by atoms with E-state index in [4.69, 9.17) is 4.74 Å². The monoisotopic (exact) mass is 402 g/mol. The van der Waals surface area contributed by atoms with E-state index in [-0.39, 0.29) is 17.2 Å². The summed E-state index contributed by atoms with van der Waals surface area (Å²) < 4.78 is 18.2. The molecule has 0 aliphatic heterocycles. The zero-order valence-electron chi connectivity index (χ0n) is 16.9. The number of carbonyl (C=O) groups is 1. The molecule has 0 spiro atoms. The van der Waals surface area contributed by atoms with Gasteiger partial charge in [0.25, 0.3) is 0 Å². The number of hydrogen-bond acceptors (Lipinski definition) is 7. The molecule has 1 heterocycles. The van der Waals surface area contributed by atoms with Gasteiger partial charge in [0.2, 0.25) is 5.95 Å². The van der Waals surface area contributed by atoms with E-state index in [1.54, 1.807) is 19.1 Å². The van der Waals surface area contributed by atoms with Crippen molar-refractivity contribution in [3.63, 3.8) is 0 Å². The number of carbonyl (C=O) groups excluding carboxylic acids is 1. The average molecular weight is 402 g/mol. The molecule has 0 radical (unpaired) electrons. The van der Waals surface area contributed by atoms with Gasteiger partial charge in [0, 0.05) is 29.9 Å². The molecule has 0 amide bonds. The first-order chi connectivity index (χ1) is 13.8. The summed E-state index contributed by atoms with van der Waals surface area (Å²) in [7, 11) is 0. The normalized spacial score (nSPS) is 16.2. The summed E-state index contributed by atoms with van der Waals surface area (Å²) in [5.74, 6) is -0.191. The number of hydrogen-bond donors (Lipinski definition) is 3. The van der Waals surface area contributed by atoms with Gasteiger partial charge in [-0.15, -0.1) is 0 Å². The van der Waals surface area contributed by atoms with Crippen LogP contribution in [-0.4, -0.2) is 39.7 Å². The van der Waals surface area contributed by atoms with E-state index in [2.05, 4.69) is 20.6 Å². The van der Waals surface area contributed by atoms with Crippen LogP contribution in [0.5, 0.6) is 0 Å². The minimum Gasteiger partial charge on any atom is -0.465 e. The first-order valence-electron chi connectivity index (χ1n) is 9.71. The van der Waals surface area contributed by atoms with Crippen molar-refractivity contribution in [2.75, 3.05) is 18.5 Å². The van der Waals surface area contributed by atoms with Gasteiger partial charge in [-0.2, -0.15) is 0 Å². The Balaban J connectivity index is 1.57. The maximum absolute atomic E-state index is 13.1. The van der Waals surface area contributed by atoms with Crippen molar-refractivity contribution >= 4 is 11.9 Å².